The van der Waals surface area contributed by atoms with Gasteiger partial charge in [-0.3, -0.25) is 14.4 Å². The zero-order chi connectivity index (χ0) is 22.9. The Bertz CT molecular complexity index is 832. The van der Waals surface area contributed by atoms with Crippen LogP contribution in [-0.2, 0) is 14.4 Å². The van der Waals surface area contributed by atoms with Crippen molar-refractivity contribution in [3.05, 3.63) is 24.3 Å². The minimum absolute atomic E-state index is 0.0118. The molecule has 0 aliphatic carbocycles. The maximum absolute atomic E-state index is 14.4. The molecule has 13 heteroatoms. The first-order valence-corrected chi connectivity index (χ1v) is 8.54. The highest BCUT2D eigenvalue weighted by atomic mass is 19.4. The molecule has 2 rings (SSSR count). The molecule has 166 valence electrons. The number of amides is 3. The first-order valence-electron chi connectivity index (χ1n) is 8.54. The third-order valence-corrected chi connectivity index (χ3v) is 4.30. The Morgan fingerprint density at radius 2 is 1.77 bits per heavy atom. The molecule has 3 atom stereocenters. The Morgan fingerprint density at radius 3 is 2.37 bits per heavy atom. The topological polar surface area (TPSA) is 87.7 Å². The highest BCUT2D eigenvalue weighted by Crippen LogP contribution is 2.35. The summed E-state index contributed by atoms with van der Waals surface area (Å²) in [7, 11) is 0. The molecule has 0 spiro atoms. The van der Waals surface area contributed by atoms with Gasteiger partial charge < -0.3 is 15.4 Å². The number of fused-ring (bicyclic) bond motifs is 1. The van der Waals surface area contributed by atoms with Crippen molar-refractivity contribution in [3.63, 3.8) is 0 Å². The van der Waals surface area contributed by atoms with Crippen molar-refractivity contribution in [2.75, 3.05) is 11.7 Å². The molecule has 30 heavy (non-hydrogen) atoms. The number of ether oxygens (including phenoxy) is 1. The molecule has 0 fully saturated rings. The molecular formula is C17H17F6N3O4. The van der Waals surface area contributed by atoms with E-state index in [9.17, 15) is 40.8 Å². The van der Waals surface area contributed by atoms with Gasteiger partial charge in [0.25, 0.3) is 5.91 Å². The van der Waals surface area contributed by atoms with Crippen molar-refractivity contribution in [2.24, 2.45) is 5.92 Å². The van der Waals surface area contributed by atoms with E-state index in [0.717, 1.165) is 6.92 Å². The fraction of sp³-hybridized carbons (Fsp3) is 0.471. The van der Waals surface area contributed by atoms with E-state index in [1.54, 1.807) is 0 Å². The number of nitrogens with one attached hydrogen (secondary N) is 2. The lowest BCUT2D eigenvalue weighted by atomic mass is 10.1. The maximum Gasteiger partial charge on any atom is 0.455 e. The van der Waals surface area contributed by atoms with Gasteiger partial charge in [0.05, 0.1) is 6.54 Å². The Morgan fingerprint density at radius 1 is 1.17 bits per heavy atom. The van der Waals surface area contributed by atoms with Crippen molar-refractivity contribution in [2.45, 2.75) is 38.1 Å². The zero-order valence-corrected chi connectivity index (χ0v) is 15.6. The molecule has 1 heterocycles. The number of carbonyl (C=O) groups excluding carboxylic acids is 3. The lowest BCUT2D eigenvalue weighted by Gasteiger charge is -2.24. The summed E-state index contributed by atoms with van der Waals surface area (Å²) in [6.07, 6.45) is -6.97. The number of para-hydroxylation sites is 2. The van der Waals surface area contributed by atoms with Gasteiger partial charge in [-0.1, -0.05) is 16.6 Å². The Hall–Kier alpha value is -2.99. The lowest BCUT2D eigenvalue weighted by molar-refractivity contribution is -0.278. The predicted octanol–water partition coefficient (Wildman–Crippen LogP) is 2.12. The Labute approximate surface area is 166 Å². The van der Waals surface area contributed by atoms with E-state index >= 15 is 0 Å². The van der Waals surface area contributed by atoms with Gasteiger partial charge in [-0.25, -0.2) is 0 Å². The molecule has 7 nitrogen and oxygen atoms in total. The van der Waals surface area contributed by atoms with Crippen molar-refractivity contribution >= 4 is 23.4 Å². The van der Waals surface area contributed by atoms with Crippen molar-refractivity contribution < 1.29 is 45.6 Å². The number of halogens is 6. The van der Waals surface area contributed by atoms with Gasteiger partial charge in [0.15, 0.2) is 0 Å². The van der Waals surface area contributed by atoms with Crippen LogP contribution < -0.4 is 20.5 Å². The molecule has 2 N–H and O–H groups in total. The van der Waals surface area contributed by atoms with E-state index in [1.165, 1.54) is 36.5 Å². The van der Waals surface area contributed by atoms with E-state index in [2.05, 4.69) is 5.32 Å². The summed E-state index contributed by atoms with van der Waals surface area (Å²) in [4.78, 5) is 36.4. The van der Waals surface area contributed by atoms with E-state index < -0.39 is 54.4 Å². The number of carbonyl (C=O) groups is 3. The van der Waals surface area contributed by atoms with Gasteiger partial charge >= 0.3 is 12.1 Å². The molecule has 0 radical (unpaired) electrons. The summed E-state index contributed by atoms with van der Waals surface area (Å²) in [5.74, 6) is -10.8. The minimum atomic E-state index is -5.88. The summed E-state index contributed by atoms with van der Waals surface area (Å²) in [5.41, 5.74) is -0.216. The summed E-state index contributed by atoms with van der Waals surface area (Å²) in [6, 6.07) is 4.00. The summed E-state index contributed by atoms with van der Waals surface area (Å²) < 4.78 is 82.1. The standard InChI is InChI=1S/C17H17F6N3O4/c1-8(13(27)24-7-16(18,19)17(20,21)22)14(28)25-12-9(2)30-11-6-4-3-5-10(11)26(23)15(12)29/h3-6,8-9,12H,7H2,1-2H3,(H,24,27)(H,25,28)/t8?,9-,12+/m1/s1. The number of anilines is 1. The Balaban J connectivity index is 2.06. The quantitative estimate of drug-likeness (QED) is 0.416. The molecule has 1 aliphatic rings. The fourth-order valence-electron chi connectivity index (χ4n) is 2.46. The smallest absolute Gasteiger partial charge is 0.455 e. The first-order chi connectivity index (χ1) is 13.8. The largest absolute Gasteiger partial charge is 0.486 e. The third-order valence-electron chi connectivity index (χ3n) is 4.30. The summed E-state index contributed by atoms with van der Waals surface area (Å²) >= 11 is 0. The molecule has 0 aromatic heterocycles. The van der Waals surface area contributed by atoms with Gasteiger partial charge in [0.2, 0.25) is 11.8 Å². The van der Waals surface area contributed by atoms with Crippen LogP contribution in [0.5, 0.6) is 5.75 Å². The Kier molecular flexibility index (Phi) is 6.52. The second-order valence-corrected chi connectivity index (χ2v) is 6.54. The number of nitrogens with zero attached hydrogens (tertiary/aromatic N) is 1. The van der Waals surface area contributed by atoms with Gasteiger partial charge in [-0.2, -0.15) is 22.0 Å². The van der Waals surface area contributed by atoms with Crippen LogP contribution in [0, 0.1) is 5.92 Å². The van der Waals surface area contributed by atoms with Crippen LogP contribution in [0.3, 0.4) is 0 Å². The van der Waals surface area contributed by atoms with Crippen LogP contribution in [0.4, 0.5) is 32.1 Å². The first kappa shape index (κ1) is 23.3. The normalized spacial score (nSPS) is 20.5. The number of rotatable bonds is 5. The molecule has 1 aromatic rings. The van der Waals surface area contributed by atoms with E-state index in [-0.39, 0.29) is 16.6 Å². The highest BCUT2D eigenvalue weighted by molar-refractivity contribution is 6.04. The number of alkyl halides is 5. The van der Waals surface area contributed by atoms with Gasteiger partial charge in [-0.15, -0.1) is 5.12 Å². The lowest BCUT2D eigenvalue weighted by Crippen LogP contribution is -2.55. The molecule has 3 amide bonds. The average molecular weight is 441 g/mol. The van der Waals surface area contributed by atoms with Crippen molar-refractivity contribution in [1.82, 2.24) is 10.6 Å². The van der Waals surface area contributed by atoms with Crippen LogP contribution in [0.15, 0.2) is 24.3 Å². The molecule has 0 saturated heterocycles. The fourth-order valence-corrected chi connectivity index (χ4v) is 2.46. The van der Waals surface area contributed by atoms with Crippen molar-refractivity contribution in [1.29, 1.82) is 0 Å². The van der Waals surface area contributed by atoms with Crippen LogP contribution in [0.2, 0.25) is 0 Å². The molecule has 1 unspecified atom stereocenters. The maximum atomic E-state index is 14.4. The van der Waals surface area contributed by atoms with Gasteiger partial charge in [-0.05, 0) is 26.0 Å². The van der Waals surface area contributed by atoms with Crippen LogP contribution in [-0.4, -0.2) is 48.5 Å². The van der Waals surface area contributed by atoms with Crippen molar-refractivity contribution in [3.8, 4) is 5.75 Å². The third kappa shape index (κ3) is 4.76. The SMILES string of the molecule is CC(C(=O)NCC(F)(F)C(F)(F)F)C(=O)N[C@@H]1C(=O)N(F)c2ccccc2O[C@@H]1C. The van der Waals surface area contributed by atoms with Gasteiger partial charge in [0.1, 0.15) is 29.5 Å². The number of benzene rings is 1. The zero-order valence-electron chi connectivity index (χ0n) is 15.6. The van der Waals surface area contributed by atoms with E-state index in [4.69, 9.17) is 4.74 Å². The van der Waals surface area contributed by atoms with Crippen LogP contribution in [0.1, 0.15) is 13.8 Å². The molecule has 1 aliphatic heterocycles. The summed E-state index contributed by atoms with van der Waals surface area (Å²) in [5, 5.41) is 3.15. The van der Waals surface area contributed by atoms with E-state index in [0.29, 0.717) is 0 Å². The van der Waals surface area contributed by atoms with E-state index in [1.807, 2.05) is 0 Å². The minimum Gasteiger partial charge on any atom is -0.486 e. The van der Waals surface area contributed by atoms with Gasteiger partial charge in [0, 0.05) is 0 Å². The predicted molar refractivity (Wildman–Crippen MR) is 90.2 cm³/mol. The second-order valence-electron chi connectivity index (χ2n) is 6.54. The highest BCUT2D eigenvalue weighted by Gasteiger charge is 2.57. The molecule has 0 saturated carbocycles. The number of hydrogen-bond acceptors (Lipinski definition) is 4. The summed E-state index contributed by atoms with van der Waals surface area (Å²) in [6.45, 7) is 0.195. The molecule has 0 bridgehead atoms. The second kappa shape index (κ2) is 8.40. The molecule has 1 aromatic carbocycles. The monoisotopic (exact) mass is 441 g/mol. The van der Waals surface area contributed by atoms with Crippen LogP contribution >= 0.6 is 0 Å². The number of hydrogen-bond donors (Lipinski definition) is 2. The average Bonchev–Trinajstić information content (AvgIpc) is 2.75. The van der Waals surface area contributed by atoms with Crippen LogP contribution in [0.25, 0.3) is 0 Å². The molecular weight excluding hydrogens is 424 g/mol.